The van der Waals surface area contributed by atoms with Gasteiger partial charge in [-0.25, -0.2) is 0 Å². The maximum Gasteiger partial charge on any atom is 0.242 e. The Morgan fingerprint density at radius 1 is 1.17 bits per heavy atom. The van der Waals surface area contributed by atoms with Crippen LogP contribution in [0.3, 0.4) is 0 Å². The summed E-state index contributed by atoms with van der Waals surface area (Å²) in [6.45, 7) is 10.9. The molecule has 0 fully saturated rings. The van der Waals surface area contributed by atoms with Crippen molar-refractivity contribution in [1.29, 1.82) is 0 Å². The summed E-state index contributed by atoms with van der Waals surface area (Å²) < 4.78 is 6.12. The summed E-state index contributed by atoms with van der Waals surface area (Å²) in [5, 5.41) is 2.08. The lowest BCUT2D eigenvalue weighted by Crippen LogP contribution is -2.49. The highest BCUT2D eigenvalue weighted by Gasteiger charge is 2.33. The fraction of sp³-hybridized carbons (Fsp3) is 0.500. The summed E-state index contributed by atoms with van der Waals surface area (Å²) in [6, 6.07) is 10.1. The highest BCUT2D eigenvalue weighted by atomic mass is 32.1. The molecule has 2 aromatic rings. The van der Waals surface area contributed by atoms with E-state index in [0.29, 0.717) is 19.1 Å². The third-order valence-electron chi connectivity index (χ3n) is 5.70. The molecule has 0 N–H and O–H groups in total. The molecule has 2 heterocycles. The van der Waals surface area contributed by atoms with E-state index in [4.69, 9.17) is 4.74 Å². The third-order valence-corrected chi connectivity index (χ3v) is 6.70. The van der Waals surface area contributed by atoms with Crippen molar-refractivity contribution in [3.05, 3.63) is 51.7 Å². The van der Waals surface area contributed by atoms with E-state index >= 15 is 0 Å². The van der Waals surface area contributed by atoms with E-state index in [-0.39, 0.29) is 30.4 Å². The number of carbonyl (C=O) groups is 2. The summed E-state index contributed by atoms with van der Waals surface area (Å²) >= 11 is 1.74. The Bertz CT molecular complexity index is 873. The number of amides is 2. The van der Waals surface area contributed by atoms with Crippen molar-refractivity contribution in [2.24, 2.45) is 0 Å². The van der Waals surface area contributed by atoms with Crippen molar-refractivity contribution in [3.8, 4) is 5.75 Å². The zero-order valence-electron chi connectivity index (χ0n) is 18.6. The molecule has 6 heteroatoms. The van der Waals surface area contributed by atoms with Gasteiger partial charge in [-0.3, -0.25) is 9.59 Å². The minimum absolute atomic E-state index is 0.0119. The largest absolute Gasteiger partial charge is 0.491 e. The number of rotatable bonds is 7. The summed E-state index contributed by atoms with van der Waals surface area (Å²) in [6.07, 6.45) is 0.847. The average Bonchev–Trinajstić information content (AvgIpc) is 3.18. The maximum atomic E-state index is 13.2. The molecule has 1 aromatic carbocycles. The Labute approximate surface area is 183 Å². The van der Waals surface area contributed by atoms with Crippen molar-refractivity contribution in [1.82, 2.24) is 9.80 Å². The van der Waals surface area contributed by atoms with Gasteiger partial charge >= 0.3 is 0 Å². The molecule has 1 aromatic heterocycles. The quantitative estimate of drug-likeness (QED) is 0.646. The molecule has 0 spiro atoms. The van der Waals surface area contributed by atoms with Gasteiger partial charge in [0.05, 0.1) is 12.6 Å². The van der Waals surface area contributed by atoms with Gasteiger partial charge in [-0.2, -0.15) is 0 Å². The third kappa shape index (κ3) is 5.04. The Morgan fingerprint density at radius 2 is 1.87 bits per heavy atom. The smallest absolute Gasteiger partial charge is 0.242 e. The minimum atomic E-state index is -0.141. The molecule has 2 amide bonds. The average molecular weight is 429 g/mol. The second kappa shape index (κ2) is 9.65. The number of hydrogen-bond donors (Lipinski definition) is 0. The summed E-state index contributed by atoms with van der Waals surface area (Å²) in [4.78, 5) is 29.9. The number of fused-ring (bicyclic) bond motifs is 1. The number of ether oxygens (including phenoxy) is 1. The first-order valence-electron chi connectivity index (χ1n) is 10.6. The van der Waals surface area contributed by atoms with Crippen LogP contribution in [0.5, 0.6) is 5.75 Å². The van der Waals surface area contributed by atoms with E-state index in [0.717, 1.165) is 17.7 Å². The lowest BCUT2D eigenvalue weighted by Gasteiger charge is -2.37. The molecule has 0 bridgehead atoms. The molecule has 1 aliphatic rings. The van der Waals surface area contributed by atoms with E-state index in [9.17, 15) is 9.59 Å². The maximum absolute atomic E-state index is 13.2. The van der Waals surface area contributed by atoms with E-state index in [2.05, 4.69) is 37.4 Å². The minimum Gasteiger partial charge on any atom is -0.491 e. The molecule has 5 nitrogen and oxygen atoms in total. The Morgan fingerprint density at radius 3 is 2.47 bits per heavy atom. The Kier molecular flexibility index (Phi) is 7.19. The molecule has 162 valence electrons. The van der Waals surface area contributed by atoms with Crippen LogP contribution in [-0.2, 0) is 16.0 Å². The highest BCUT2D eigenvalue weighted by Crippen LogP contribution is 2.34. The van der Waals surface area contributed by atoms with Gasteiger partial charge < -0.3 is 14.5 Å². The zero-order valence-corrected chi connectivity index (χ0v) is 19.4. The monoisotopic (exact) mass is 428 g/mol. The SMILES string of the molecule is CC(=O)N(CC(=O)N1CCc2sccc2[C@H]1COc1ccc(C(C)C)cc1)C(C)C. The van der Waals surface area contributed by atoms with Crippen LogP contribution >= 0.6 is 11.3 Å². The van der Waals surface area contributed by atoms with Crippen LogP contribution in [-0.4, -0.2) is 47.4 Å². The number of benzene rings is 1. The van der Waals surface area contributed by atoms with Crippen molar-refractivity contribution in [2.45, 2.75) is 59.0 Å². The molecule has 0 unspecified atom stereocenters. The lowest BCUT2D eigenvalue weighted by molar-refractivity contribution is -0.143. The van der Waals surface area contributed by atoms with E-state index < -0.39 is 0 Å². The molecule has 30 heavy (non-hydrogen) atoms. The molecule has 1 aliphatic heterocycles. The Hall–Kier alpha value is -2.34. The van der Waals surface area contributed by atoms with Crippen molar-refractivity contribution < 1.29 is 14.3 Å². The summed E-state index contributed by atoms with van der Waals surface area (Å²) in [7, 11) is 0. The first-order chi connectivity index (χ1) is 14.3. The summed E-state index contributed by atoms with van der Waals surface area (Å²) in [5.74, 6) is 1.18. The van der Waals surface area contributed by atoms with Gasteiger partial charge in [0.2, 0.25) is 11.8 Å². The van der Waals surface area contributed by atoms with Gasteiger partial charge in [0.15, 0.2) is 0 Å². The molecule has 3 rings (SSSR count). The van der Waals surface area contributed by atoms with E-state index in [1.54, 1.807) is 16.2 Å². The Balaban J connectivity index is 1.76. The second-order valence-corrected chi connectivity index (χ2v) is 9.43. The van der Waals surface area contributed by atoms with Gasteiger partial charge in [0.25, 0.3) is 0 Å². The van der Waals surface area contributed by atoms with E-state index in [1.807, 2.05) is 30.9 Å². The van der Waals surface area contributed by atoms with Gasteiger partial charge in [0.1, 0.15) is 12.4 Å². The van der Waals surface area contributed by atoms with Crippen molar-refractivity contribution in [3.63, 3.8) is 0 Å². The van der Waals surface area contributed by atoms with Gasteiger partial charge in [-0.1, -0.05) is 26.0 Å². The summed E-state index contributed by atoms with van der Waals surface area (Å²) in [5.41, 5.74) is 2.44. The zero-order chi connectivity index (χ0) is 21.8. The second-order valence-electron chi connectivity index (χ2n) is 8.43. The molecular weight excluding hydrogens is 396 g/mol. The molecule has 0 saturated carbocycles. The van der Waals surface area contributed by atoms with Gasteiger partial charge in [-0.15, -0.1) is 11.3 Å². The van der Waals surface area contributed by atoms with Gasteiger partial charge in [0, 0.05) is 24.4 Å². The number of hydrogen-bond acceptors (Lipinski definition) is 4. The van der Waals surface area contributed by atoms with Crippen molar-refractivity contribution in [2.75, 3.05) is 19.7 Å². The normalized spacial score (nSPS) is 16.0. The first-order valence-corrected chi connectivity index (χ1v) is 11.5. The topological polar surface area (TPSA) is 49.9 Å². The fourth-order valence-electron chi connectivity index (χ4n) is 3.89. The number of carbonyl (C=O) groups excluding carboxylic acids is 2. The highest BCUT2D eigenvalue weighted by molar-refractivity contribution is 7.10. The van der Waals surface area contributed by atoms with Crippen LogP contribution < -0.4 is 4.74 Å². The molecule has 0 saturated heterocycles. The standard InChI is InChI=1S/C24H32N2O3S/c1-16(2)19-6-8-20(9-7-19)29-15-22-21-11-13-30-23(21)10-12-25(22)24(28)14-26(17(3)4)18(5)27/h6-9,11,13,16-17,22H,10,12,14-15H2,1-5H3/t22-/m1/s1. The first kappa shape index (κ1) is 22.3. The number of nitrogens with zero attached hydrogens (tertiary/aromatic N) is 2. The van der Waals surface area contributed by atoms with Crippen LogP contribution in [0.25, 0.3) is 0 Å². The van der Waals surface area contributed by atoms with Crippen LogP contribution in [0.1, 0.15) is 62.6 Å². The lowest BCUT2D eigenvalue weighted by atomic mass is 10.00. The molecule has 1 atom stereocenters. The van der Waals surface area contributed by atoms with Crippen LogP contribution in [0.4, 0.5) is 0 Å². The molecular formula is C24H32N2O3S. The molecule has 0 radical (unpaired) electrons. The van der Waals surface area contributed by atoms with Crippen LogP contribution in [0.2, 0.25) is 0 Å². The fourth-order valence-corrected chi connectivity index (χ4v) is 4.82. The predicted molar refractivity (Wildman–Crippen MR) is 121 cm³/mol. The number of thiophene rings is 1. The van der Waals surface area contributed by atoms with Crippen molar-refractivity contribution >= 4 is 23.2 Å². The van der Waals surface area contributed by atoms with E-state index in [1.165, 1.54) is 17.4 Å². The van der Waals surface area contributed by atoms with Gasteiger partial charge in [-0.05, 0) is 60.9 Å². The van der Waals surface area contributed by atoms with Crippen LogP contribution in [0, 0.1) is 0 Å². The molecule has 0 aliphatic carbocycles. The predicted octanol–water partition coefficient (Wildman–Crippen LogP) is 4.63. The van der Waals surface area contributed by atoms with Crippen LogP contribution in [0.15, 0.2) is 35.7 Å².